The van der Waals surface area contributed by atoms with Gasteiger partial charge in [0.15, 0.2) is 5.96 Å². The van der Waals surface area contributed by atoms with Gasteiger partial charge < -0.3 is 16.2 Å². The molecule has 1 aromatic rings. The quantitative estimate of drug-likeness (QED) is 0.303. The molecule has 0 aliphatic heterocycles. The number of nitrogens with zero attached hydrogens (tertiary/aromatic N) is 1. The molecule has 0 radical (unpaired) electrons. The van der Waals surface area contributed by atoms with E-state index in [0.29, 0.717) is 18.5 Å². The van der Waals surface area contributed by atoms with E-state index >= 15 is 0 Å². The lowest BCUT2D eigenvalue weighted by molar-refractivity contribution is 0.275. The lowest BCUT2D eigenvalue weighted by Crippen LogP contribution is -2.39. The first-order valence-corrected chi connectivity index (χ1v) is 7.63. The predicted molar refractivity (Wildman–Crippen MR) is 97.7 cm³/mol. The molecular formula is C16H25FIN3O. The molecule has 0 heterocycles. The largest absolute Gasteiger partial charge is 0.392 e. The fourth-order valence-electron chi connectivity index (χ4n) is 2.70. The van der Waals surface area contributed by atoms with Gasteiger partial charge in [0.2, 0.25) is 0 Å². The molecule has 0 aromatic heterocycles. The highest BCUT2D eigenvalue weighted by atomic mass is 127. The minimum atomic E-state index is -0.394. The molecule has 2 rings (SSSR count). The minimum Gasteiger partial charge on any atom is -0.392 e. The standard InChI is InChI=1S/C16H24FN3O.HI/c17-15-8-7-12(9-13(15)11-21)10-19-16(18)20-14-5-3-1-2-4-6-14;/h7-9,14,21H,1-6,10-11H2,(H3,18,19,20);1H. The topological polar surface area (TPSA) is 70.6 Å². The Labute approximate surface area is 148 Å². The van der Waals surface area contributed by atoms with Crippen molar-refractivity contribution in [3.05, 3.63) is 35.1 Å². The minimum absolute atomic E-state index is 0. The highest BCUT2D eigenvalue weighted by molar-refractivity contribution is 14.0. The molecule has 0 amide bonds. The van der Waals surface area contributed by atoms with Gasteiger partial charge in [0.05, 0.1) is 13.2 Å². The summed E-state index contributed by atoms with van der Waals surface area (Å²) in [6.45, 7) is 0.0814. The third kappa shape index (κ3) is 6.08. The van der Waals surface area contributed by atoms with Gasteiger partial charge in [0, 0.05) is 11.6 Å². The molecule has 1 aromatic carbocycles. The van der Waals surface area contributed by atoms with Gasteiger partial charge in [-0.05, 0) is 30.5 Å². The van der Waals surface area contributed by atoms with Crippen LogP contribution >= 0.6 is 24.0 Å². The van der Waals surface area contributed by atoms with E-state index in [9.17, 15) is 4.39 Å². The molecule has 1 saturated carbocycles. The Balaban J connectivity index is 0.00000242. The SMILES string of the molecule is I.NC(=NCc1ccc(F)c(CO)c1)NC1CCCCCC1. The normalized spacial score (nSPS) is 16.7. The monoisotopic (exact) mass is 421 g/mol. The number of halogens is 2. The Hall–Kier alpha value is -0.890. The predicted octanol–water partition coefficient (Wildman–Crippen LogP) is 3.06. The zero-order valence-corrected chi connectivity index (χ0v) is 15.1. The second kappa shape index (κ2) is 9.99. The summed E-state index contributed by atoms with van der Waals surface area (Å²) in [5.41, 5.74) is 7.05. The molecule has 1 aliphatic carbocycles. The molecule has 0 spiro atoms. The lowest BCUT2D eigenvalue weighted by atomic mass is 10.1. The maximum atomic E-state index is 13.3. The number of hydrogen-bond acceptors (Lipinski definition) is 2. The molecule has 0 atom stereocenters. The highest BCUT2D eigenvalue weighted by Gasteiger charge is 2.12. The zero-order valence-electron chi connectivity index (χ0n) is 12.7. The van der Waals surface area contributed by atoms with Crippen molar-refractivity contribution in [3.63, 3.8) is 0 Å². The maximum Gasteiger partial charge on any atom is 0.189 e. The van der Waals surface area contributed by atoms with Gasteiger partial charge in [0.1, 0.15) is 5.82 Å². The first kappa shape index (κ1) is 19.2. The van der Waals surface area contributed by atoms with Gasteiger partial charge in [-0.2, -0.15) is 0 Å². The Morgan fingerprint density at radius 2 is 1.95 bits per heavy atom. The Kier molecular flexibility index (Phi) is 8.70. The molecule has 22 heavy (non-hydrogen) atoms. The van der Waals surface area contributed by atoms with Gasteiger partial charge >= 0.3 is 0 Å². The van der Waals surface area contributed by atoms with Crippen LogP contribution in [0.15, 0.2) is 23.2 Å². The third-order valence-electron chi connectivity index (χ3n) is 3.92. The molecule has 0 saturated heterocycles. The number of nitrogens with two attached hydrogens (primary N) is 1. The second-order valence-corrected chi connectivity index (χ2v) is 5.62. The fourth-order valence-corrected chi connectivity index (χ4v) is 2.70. The highest BCUT2D eigenvalue weighted by Crippen LogP contribution is 2.17. The number of guanidine groups is 1. The Morgan fingerprint density at radius 1 is 1.27 bits per heavy atom. The number of benzene rings is 1. The van der Waals surface area contributed by atoms with Crippen LogP contribution in [0.25, 0.3) is 0 Å². The Bertz CT molecular complexity index is 488. The van der Waals surface area contributed by atoms with E-state index in [-0.39, 0.29) is 36.1 Å². The van der Waals surface area contributed by atoms with Crippen LogP contribution in [-0.4, -0.2) is 17.1 Å². The number of hydrogen-bond donors (Lipinski definition) is 3. The van der Waals surface area contributed by atoms with Crippen LogP contribution in [0.5, 0.6) is 0 Å². The van der Waals surface area contributed by atoms with Crippen molar-refractivity contribution in [3.8, 4) is 0 Å². The number of aliphatic imine (C=N–C) groups is 1. The second-order valence-electron chi connectivity index (χ2n) is 5.62. The van der Waals surface area contributed by atoms with E-state index in [1.165, 1.54) is 31.7 Å². The summed E-state index contributed by atoms with van der Waals surface area (Å²) in [6, 6.07) is 5.05. The maximum absolute atomic E-state index is 13.3. The fraction of sp³-hybridized carbons (Fsp3) is 0.562. The summed E-state index contributed by atoms with van der Waals surface area (Å²) in [6.07, 6.45) is 7.36. The van der Waals surface area contributed by atoms with E-state index < -0.39 is 5.82 Å². The van der Waals surface area contributed by atoms with Crippen molar-refractivity contribution in [2.24, 2.45) is 10.7 Å². The van der Waals surface area contributed by atoms with Crippen LogP contribution in [-0.2, 0) is 13.2 Å². The van der Waals surface area contributed by atoms with Gasteiger partial charge in [-0.25, -0.2) is 9.38 Å². The van der Waals surface area contributed by atoms with E-state index in [0.717, 1.165) is 18.4 Å². The summed E-state index contributed by atoms with van der Waals surface area (Å²) in [5, 5.41) is 12.3. The van der Waals surface area contributed by atoms with E-state index in [1.807, 2.05) is 0 Å². The molecule has 1 fully saturated rings. The van der Waals surface area contributed by atoms with E-state index in [1.54, 1.807) is 12.1 Å². The van der Waals surface area contributed by atoms with Gasteiger partial charge in [-0.3, -0.25) is 0 Å². The van der Waals surface area contributed by atoms with Crippen LogP contribution in [0.3, 0.4) is 0 Å². The van der Waals surface area contributed by atoms with Crippen molar-refractivity contribution in [2.45, 2.75) is 57.7 Å². The van der Waals surface area contributed by atoms with Crippen molar-refractivity contribution in [1.82, 2.24) is 5.32 Å². The van der Waals surface area contributed by atoms with Crippen LogP contribution in [0, 0.1) is 5.82 Å². The Morgan fingerprint density at radius 3 is 2.59 bits per heavy atom. The van der Waals surface area contributed by atoms with E-state index in [4.69, 9.17) is 10.8 Å². The smallest absolute Gasteiger partial charge is 0.189 e. The van der Waals surface area contributed by atoms with Crippen molar-refractivity contribution < 1.29 is 9.50 Å². The lowest BCUT2D eigenvalue weighted by Gasteiger charge is -2.16. The average Bonchev–Trinajstić information content (AvgIpc) is 2.75. The number of aliphatic hydroxyl groups excluding tert-OH is 1. The summed E-state index contributed by atoms with van der Waals surface area (Å²) >= 11 is 0. The molecular weight excluding hydrogens is 396 g/mol. The van der Waals surface area contributed by atoms with Crippen LogP contribution in [0.4, 0.5) is 4.39 Å². The average molecular weight is 421 g/mol. The molecule has 0 unspecified atom stereocenters. The van der Waals surface area contributed by atoms with Crippen molar-refractivity contribution >= 4 is 29.9 Å². The van der Waals surface area contributed by atoms with Crippen LogP contribution in [0.2, 0.25) is 0 Å². The summed E-state index contributed by atoms with van der Waals surface area (Å²) in [5.74, 6) is 0.0477. The first-order valence-electron chi connectivity index (χ1n) is 7.63. The van der Waals surface area contributed by atoms with Crippen LogP contribution in [0.1, 0.15) is 49.7 Å². The van der Waals surface area contributed by atoms with Crippen LogP contribution < -0.4 is 11.1 Å². The van der Waals surface area contributed by atoms with Crippen molar-refractivity contribution in [2.75, 3.05) is 0 Å². The number of rotatable bonds is 4. The third-order valence-corrected chi connectivity index (χ3v) is 3.92. The number of nitrogens with one attached hydrogen (secondary N) is 1. The molecule has 4 N–H and O–H groups in total. The molecule has 1 aliphatic rings. The summed E-state index contributed by atoms with van der Waals surface area (Å²) in [4.78, 5) is 4.30. The number of aliphatic hydroxyl groups is 1. The van der Waals surface area contributed by atoms with E-state index in [2.05, 4.69) is 10.3 Å². The first-order chi connectivity index (χ1) is 10.2. The molecule has 6 heteroatoms. The zero-order chi connectivity index (χ0) is 15.1. The van der Waals surface area contributed by atoms with Gasteiger partial charge in [0.25, 0.3) is 0 Å². The molecule has 4 nitrogen and oxygen atoms in total. The van der Waals surface area contributed by atoms with Gasteiger partial charge in [-0.15, -0.1) is 24.0 Å². The molecule has 0 bridgehead atoms. The van der Waals surface area contributed by atoms with Crippen molar-refractivity contribution in [1.29, 1.82) is 0 Å². The molecule has 124 valence electrons. The van der Waals surface area contributed by atoms with Gasteiger partial charge in [-0.1, -0.05) is 31.7 Å². The summed E-state index contributed by atoms with van der Waals surface area (Å²) < 4.78 is 13.3. The summed E-state index contributed by atoms with van der Waals surface area (Å²) in [7, 11) is 0.